The Morgan fingerprint density at radius 2 is 2.06 bits per heavy atom. The summed E-state index contributed by atoms with van der Waals surface area (Å²) in [5.41, 5.74) is 2.26. The summed E-state index contributed by atoms with van der Waals surface area (Å²) in [6.07, 6.45) is 0. The molecule has 0 spiro atoms. The van der Waals surface area contributed by atoms with Crippen molar-refractivity contribution in [3.63, 3.8) is 0 Å². The minimum Gasteiger partial charge on any atom is -0.496 e. The molecular weight excluding hydrogens is 228 g/mol. The normalized spacial score (nSPS) is 12.3. The van der Waals surface area contributed by atoms with E-state index in [-0.39, 0.29) is 0 Å². The molecule has 0 fully saturated rings. The monoisotopic (exact) mass is 242 g/mol. The molecule has 0 amide bonds. The van der Waals surface area contributed by atoms with Gasteiger partial charge in [0.2, 0.25) is 0 Å². The highest BCUT2D eigenvalue weighted by Crippen LogP contribution is 2.36. The number of hydrogen-bond donors (Lipinski definition) is 1. The molecule has 0 saturated carbocycles. The lowest BCUT2D eigenvalue weighted by atomic mass is 9.93. The minimum atomic E-state index is -0.886. The molecule has 3 nitrogen and oxygen atoms in total. The van der Waals surface area contributed by atoms with Crippen LogP contribution in [0.5, 0.6) is 5.75 Å². The summed E-state index contributed by atoms with van der Waals surface area (Å²) in [6, 6.07) is 1.79. The summed E-state index contributed by atoms with van der Waals surface area (Å²) < 4.78 is 5.26. The van der Waals surface area contributed by atoms with Crippen LogP contribution in [0, 0.1) is 13.8 Å². The standard InChI is InChI=1S/C12H15ClO3/c1-6-5-9(13)7(2)10(11(6)16-4)8(3)12(14)15/h5,8H,1-4H3,(H,14,15). The van der Waals surface area contributed by atoms with Crippen LogP contribution in [0.3, 0.4) is 0 Å². The predicted octanol–water partition coefficient (Wildman–Crippen LogP) is 3.15. The number of benzene rings is 1. The highest BCUT2D eigenvalue weighted by molar-refractivity contribution is 6.31. The van der Waals surface area contributed by atoms with Crippen molar-refractivity contribution in [3.8, 4) is 5.75 Å². The van der Waals surface area contributed by atoms with Gasteiger partial charge in [0.1, 0.15) is 5.75 Å². The summed E-state index contributed by atoms with van der Waals surface area (Å²) in [5.74, 6) is -0.910. The van der Waals surface area contributed by atoms with E-state index in [1.807, 2.05) is 6.92 Å². The topological polar surface area (TPSA) is 46.5 Å². The Bertz CT molecular complexity index is 427. The van der Waals surface area contributed by atoms with Gasteiger partial charge in [-0.15, -0.1) is 0 Å². The minimum absolute atomic E-state index is 0.571. The van der Waals surface area contributed by atoms with Crippen molar-refractivity contribution >= 4 is 17.6 Å². The second kappa shape index (κ2) is 4.74. The van der Waals surface area contributed by atoms with E-state index >= 15 is 0 Å². The van der Waals surface area contributed by atoms with Crippen LogP contribution >= 0.6 is 11.6 Å². The van der Waals surface area contributed by atoms with E-state index in [2.05, 4.69) is 0 Å². The van der Waals surface area contributed by atoms with E-state index in [1.165, 1.54) is 7.11 Å². The number of carboxylic acid groups (broad SMARTS) is 1. The molecule has 0 bridgehead atoms. The Hall–Kier alpha value is -1.22. The van der Waals surface area contributed by atoms with Crippen LogP contribution in [0.1, 0.15) is 29.5 Å². The van der Waals surface area contributed by atoms with Gasteiger partial charge in [0, 0.05) is 10.6 Å². The quantitative estimate of drug-likeness (QED) is 0.886. The third-order valence-corrected chi connectivity index (χ3v) is 3.11. The average Bonchev–Trinajstić information content (AvgIpc) is 2.21. The first-order valence-electron chi connectivity index (χ1n) is 4.96. The maximum absolute atomic E-state index is 11.0. The number of carbonyl (C=O) groups is 1. The third-order valence-electron chi connectivity index (χ3n) is 2.72. The van der Waals surface area contributed by atoms with Gasteiger partial charge in [-0.3, -0.25) is 4.79 Å². The number of rotatable bonds is 3. The van der Waals surface area contributed by atoms with Crippen LogP contribution in [0.25, 0.3) is 0 Å². The van der Waals surface area contributed by atoms with Gasteiger partial charge in [-0.25, -0.2) is 0 Å². The molecule has 4 heteroatoms. The molecule has 1 aromatic rings. The van der Waals surface area contributed by atoms with E-state index < -0.39 is 11.9 Å². The van der Waals surface area contributed by atoms with Crippen LogP contribution in [0.2, 0.25) is 5.02 Å². The first-order valence-corrected chi connectivity index (χ1v) is 5.34. The SMILES string of the molecule is COc1c(C)cc(Cl)c(C)c1C(C)C(=O)O. The van der Waals surface area contributed by atoms with Crippen LogP contribution < -0.4 is 4.74 Å². The summed E-state index contributed by atoms with van der Waals surface area (Å²) in [5, 5.41) is 9.63. The lowest BCUT2D eigenvalue weighted by molar-refractivity contribution is -0.138. The molecule has 1 rings (SSSR count). The van der Waals surface area contributed by atoms with Crippen LogP contribution in [0.4, 0.5) is 0 Å². The molecule has 1 unspecified atom stereocenters. The summed E-state index contributed by atoms with van der Waals surface area (Å²) in [7, 11) is 1.54. The second-order valence-corrected chi connectivity index (χ2v) is 4.21. The molecule has 1 aromatic carbocycles. The third kappa shape index (κ3) is 2.14. The first kappa shape index (κ1) is 12.8. The van der Waals surface area contributed by atoms with E-state index in [0.717, 1.165) is 11.1 Å². The summed E-state index contributed by atoms with van der Waals surface area (Å²) in [4.78, 5) is 11.0. The molecule has 88 valence electrons. The van der Waals surface area contributed by atoms with Gasteiger partial charge in [-0.2, -0.15) is 0 Å². The molecule has 16 heavy (non-hydrogen) atoms. The fourth-order valence-electron chi connectivity index (χ4n) is 1.79. The molecule has 0 heterocycles. The molecular formula is C12H15ClO3. The van der Waals surface area contributed by atoms with Crippen molar-refractivity contribution in [1.29, 1.82) is 0 Å². The molecule has 0 aromatic heterocycles. The molecule has 1 atom stereocenters. The first-order chi connectivity index (χ1) is 7.40. The Balaban J connectivity index is 3.50. The molecule has 0 aliphatic carbocycles. The van der Waals surface area contributed by atoms with Crippen molar-refractivity contribution in [2.75, 3.05) is 7.11 Å². The molecule has 0 saturated heterocycles. The van der Waals surface area contributed by atoms with Crippen molar-refractivity contribution in [1.82, 2.24) is 0 Å². The van der Waals surface area contributed by atoms with Gasteiger partial charge < -0.3 is 9.84 Å². The van der Waals surface area contributed by atoms with Crippen molar-refractivity contribution in [3.05, 3.63) is 27.8 Å². The number of carboxylic acids is 1. The van der Waals surface area contributed by atoms with E-state index in [0.29, 0.717) is 16.3 Å². The Morgan fingerprint density at radius 3 is 2.50 bits per heavy atom. The van der Waals surface area contributed by atoms with Gasteiger partial charge in [0.15, 0.2) is 0 Å². The lowest BCUT2D eigenvalue weighted by Gasteiger charge is -2.18. The largest absolute Gasteiger partial charge is 0.496 e. The van der Waals surface area contributed by atoms with Crippen molar-refractivity contribution < 1.29 is 14.6 Å². The average molecular weight is 243 g/mol. The predicted molar refractivity (Wildman–Crippen MR) is 63.5 cm³/mol. The van der Waals surface area contributed by atoms with Crippen molar-refractivity contribution in [2.45, 2.75) is 26.7 Å². The van der Waals surface area contributed by atoms with Crippen LogP contribution in [-0.4, -0.2) is 18.2 Å². The fourth-order valence-corrected chi connectivity index (χ4v) is 2.06. The summed E-state index contributed by atoms with van der Waals surface area (Å²) in [6.45, 7) is 5.28. The smallest absolute Gasteiger partial charge is 0.310 e. The van der Waals surface area contributed by atoms with Gasteiger partial charge >= 0.3 is 5.97 Å². The number of aliphatic carboxylic acids is 1. The Kier molecular flexibility index (Phi) is 3.81. The molecule has 0 aliphatic heterocycles. The van der Waals surface area contributed by atoms with E-state index in [4.69, 9.17) is 21.4 Å². The number of methoxy groups -OCH3 is 1. The Labute approximate surface area is 100.0 Å². The van der Waals surface area contributed by atoms with Gasteiger partial charge in [-0.05, 0) is 38.0 Å². The number of halogens is 1. The maximum Gasteiger partial charge on any atom is 0.310 e. The second-order valence-electron chi connectivity index (χ2n) is 3.81. The highest BCUT2D eigenvalue weighted by atomic mass is 35.5. The maximum atomic E-state index is 11.0. The van der Waals surface area contributed by atoms with Crippen LogP contribution in [-0.2, 0) is 4.79 Å². The van der Waals surface area contributed by atoms with E-state index in [9.17, 15) is 4.79 Å². The van der Waals surface area contributed by atoms with Gasteiger partial charge in [0.05, 0.1) is 13.0 Å². The molecule has 0 aliphatic rings. The zero-order valence-corrected chi connectivity index (χ0v) is 10.6. The zero-order valence-electron chi connectivity index (χ0n) is 9.80. The fraction of sp³-hybridized carbons (Fsp3) is 0.417. The number of ether oxygens (including phenoxy) is 1. The van der Waals surface area contributed by atoms with Gasteiger partial charge in [-0.1, -0.05) is 11.6 Å². The number of hydrogen-bond acceptors (Lipinski definition) is 2. The summed E-state index contributed by atoms with van der Waals surface area (Å²) >= 11 is 6.05. The lowest BCUT2D eigenvalue weighted by Crippen LogP contribution is -2.11. The van der Waals surface area contributed by atoms with E-state index in [1.54, 1.807) is 19.9 Å². The molecule has 0 radical (unpaired) electrons. The van der Waals surface area contributed by atoms with Gasteiger partial charge in [0.25, 0.3) is 0 Å². The molecule has 1 N–H and O–H groups in total. The van der Waals surface area contributed by atoms with Crippen LogP contribution in [0.15, 0.2) is 6.07 Å². The Morgan fingerprint density at radius 1 is 1.50 bits per heavy atom. The zero-order chi connectivity index (χ0) is 12.5. The highest BCUT2D eigenvalue weighted by Gasteiger charge is 2.23. The number of aryl methyl sites for hydroxylation is 1. The van der Waals surface area contributed by atoms with Crippen molar-refractivity contribution in [2.24, 2.45) is 0 Å².